The SMILES string of the molecule is CCOC(=O)C1(Cl)C=C[CH]C=C1. The number of hydrogen-bond acceptors (Lipinski definition) is 2. The molecular formula is C9H10ClO2. The Morgan fingerprint density at radius 2 is 2.08 bits per heavy atom. The standard InChI is InChI=1S/C9H10ClO2/c1-2-12-8(11)9(10)6-4-3-5-7-9/h3-7H,2H2,1H3. The Hall–Kier alpha value is -0.760. The minimum Gasteiger partial charge on any atom is -0.464 e. The zero-order chi connectivity index (χ0) is 9.03. The predicted molar refractivity (Wildman–Crippen MR) is 47.8 cm³/mol. The number of allylic oxidation sites excluding steroid dienone is 2. The summed E-state index contributed by atoms with van der Waals surface area (Å²) >= 11 is 5.94. The summed E-state index contributed by atoms with van der Waals surface area (Å²) in [6.07, 6.45) is 8.47. The van der Waals surface area contributed by atoms with Crippen LogP contribution in [0.25, 0.3) is 0 Å². The van der Waals surface area contributed by atoms with Gasteiger partial charge in [-0.1, -0.05) is 35.9 Å². The molecule has 12 heavy (non-hydrogen) atoms. The van der Waals surface area contributed by atoms with E-state index in [4.69, 9.17) is 16.3 Å². The predicted octanol–water partition coefficient (Wildman–Crippen LogP) is 1.86. The molecule has 0 fully saturated rings. The molecule has 0 saturated heterocycles. The van der Waals surface area contributed by atoms with Crippen molar-refractivity contribution in [3.8, 4) is 0 Å². The topological polar surface area (TPSA) is 26.3 Å². The number of carbonyl (C=O) groups excluding carboxylic acids is 1. The lowest BCUT2D eigenvalue weighted by Gasteiger charge is -2.18. The molecule has 1 radical (unpaired) electrons. The summed E-state index contributed by atoms with van der Waals surface area (Å²) in [6, 6.07) is 0. The third-order valence-electron chi connectivity index (χ3n) is 1.49. The highest BCUT2D eigenvalue weighted by atomic mass is 35.5. The molecule has 0 spiro atoms. The van der Waals surface area contributed by atoms with Crippen molar-refractivity contribution in [3.63, 3.8) is 0 Å². The average Bonchev–Trinajstić information content (AvgIpc) is 2.06. The Bertz CT molecular complexity index is 219. The summed E-state index contributed by atoms with van der Waals surface area (Å²) in [4.78, 5) is 10.2. The fourth-order valence-electron chi connectivity index (χ4n) is 0.889. The number of ether oxygens (including phenoxy) is 1. The fourth-order valence-corrected chi connectivity index (χ4v) is 1.09. The van der Waals surface area contributed by atoms with Crippen LogP contribution in [0.1, 0.15) is 6.92 Å². The van der Waals surface area contributed by atoms with E-state index in [-0.39, 0.29) is 0 Å². The number of carbonyl (C=O) groups is 1. The first-order valence-corrected chi connectivity index (χ1v) is 4.13. The van der Waals surface area contributed by atoms with E-state index in [0.29, 0.717) is 6.61 Å². The van der Waals surface area contributed by atoms with Gasteiger partial charge in [-0.2, -0.15) is 0 Å². The maximum Gasteiger partial charge on any atom is 0.335 e. The van der Waals surface area contributed by atoms with Crippen molar-refractivity contribution in [1.29, 1.82) is 0 Å². The molecule has 0 N–H and O–H groups in total. The van der Waals surface area contributed by atoms with Crippen LogP contribution in [0.2, 0.25) is 0 Å². The Kier molecular flexibility index (Phi) is 2.93. The van der Waals surface area contributed by atoms with Gasteiger partial charge in [0, 0.05) is 6.42 Å². The van der Waals surface area contributed by atoms with Gasteiger partial charge in [0.25, 0.3) is 0 Å². The van der Waals surface area contributed by atoms with E-state index in [2.05, 4.69) is 0 Å². The summed E-state index contributed by atoms with van der Waals surface area (Å²) < 4.78 is 4.80. The molecule has 1 rings (SSSR count). The lowest BCUT2D eigenvalue weighted by atomic mass is 10.0. The van der Waals surface area contributed by atoms with E-state index in [9.17, 15) is 4.79 Å². The molecule has 0 heterocycles. The molecule has 0 atom stereocenters. The first-order chi connectivity index (χ1) is 5.69. The van der Waals surface area contributed by atoms with Crippen LogP contribution in [-0.4, -0.2) is 17.5 Å². The minimum atomic E-state index is -1.09. The normalized spacial score (nSPS) is 19.2. The molecule has 0 aromatic heterocycles. The third-order valence-corrected chi connectivity index (χ3v) is 1.89. The van der Waals surface area contributed by atoms with Crippen LogP contribution < -0.4 is 0 Å². The summed E-state index contributed by atoms with van der Waals surface area (Å²) in [7, 11) is 0. The number of halogens is 1. The molecular weight excluding hydrogens is 176 g/mol. The highest BCUT2D eigenvalue weighted by Crippen LogP contribution is 2.24. The molecule has 3 heteroatoms. The maximum absolute atomic E-state index is 11.2. The summed E-state index contributed by atoms with van der Waals surface area (Å²) in [5.41, 5.74) is 0. The monoisotopic (exact) mass is 185 g/mol. The van der Waals surface area contributed by atoms with Gasteiger partial charge < -0.3 is 4.74 Å². The van der Waals surface area contributed by atoms with Gasteiger partial charge in [0.2, 0.25) is 0 Å². The zero-order valence-electron chi connectivity index (χ0n) is 6.79. The number of hydrogen-bond donors (Lipinski definition) is 0. The van der Waals surface area contributed by atoms with Crippen LogP contribution in [0.15, 0.2) is 24.3 Å². The molecule has 0 bridgehead atoms. The van der Waals surface area contributed by atoms with E-state index >= 15 is 0 Å². The van der Waals surface area contributed by atoms with Gasteiger partial charge in [0.1, 0.15) is 0 Å². The van der Waals surface area contributed by atoms with Crippen molar-refractivity contribution in [1.82, 2.24) is 0 Å². The molecule has 0 saturated carbocycles. The molecule has 0 aromatic rings. The molecule has 65 valence electrons. The molecule has 0 amide bonds. The third kappa shape index (κ3) is 1.89. The van der Waals surface area contributed by atoms with Crippen molar-refractivity contribution in [2.45, 2.75) is 11.8 Å². The summed E-state index contributed by atoms with van der Waals surface area (Å²) in [6.45, 7) is 2.10. The fraction of sp³-hybridized carbons (Fsp3) is 0.333. The van der Waals surface area contributed by atoms with Crippen LogP contribution in [0, 0.1) is 6.42 Å². The van der Waals surface area contributed by atoms with Gasteiger partial charge >= 0.3 is 5.97 Å². The Balaban J connectivity index is 2.70. The van der Waals surface area contributed by atoms with Crippen LogP contribution in [0.4, 0.5) is 0 Å². The summed E-state index contributed by atoms with van der Waals surface area (Å²) in [5.74, 6) is -0.424. The second-order valence-corrected chi connectivity index (χ2v) is 3.02. The molecule has 2 nitrogen and oxygen atoms in total. The van der Waals surface area contributed by atoms with Crippen molar-refractivity contribution in [2.24, 2.45) is 0 Å². The lowest BCUT2D eigenvalue weighted by molar-refractivity contribution is -0.143. The van der Waals surface area contributed by atoms with Gasteiger partial charge in [-0.05, 0) is 6.92 Å². The number of esters is 1. The molecule has 0 aromatic carbocycles. The van der Waals surface area contributed by atoms with Crippen molar-refractivity contribution in [2.75, 3.05) is 6.61 Å². The van der Waals surface area contributed by atoms with E-state index in [0.717, 1.165) is 0 Å². The van der Waals surface area contributed by atoms with Crippen LogP contribution in [0.3, 0.4) is 0 Å². The Morgan fingerprint density at radius 1 is 1.50 bits per heavy atom. The maximum atomic E-state index is 11.2. The van der Waals surface area contributed by atoms with Gasteiger partial charge in [0.15, 0.2) is 4.87 Å². The van der Waals surface area contributed by atoms with Crippen molar-refractivity contribution in [3.05, 3.63) is 30.7 Å². The van der Waals surface area contributed by atoms with Gasteiger partial charge in [-0.25, -0.2) is 4.79 Å². The highest BCUT2D eigenvalue weighted by Gasteiger charge is 2.32. The first kappa shape index (κ1) is 9.33. The Labute approximate surface area is 76.9 Å². The van der Waals surface area contributed by atoms with Crippen LogP contribution >= 0.6 is 11.6 Å². The van der Waals surface area contributed by atoms with Gasteiger partial charge in [-0.15, -0.1) is 0 Å². The van der Waals surface area contributed by atoms with E-state index in [1.807, 2.05) is 0 Å². The van der Waals surface area contributed by atoms with Crippen molar-refractivity contribution < 1.29 is 9.53 Å². The van der Waals surface area contributed by atoms with Crippen molar-refractivity contribution >= 4 is 17.6 Å². The van der Waals surface area contributed by atoms with E-state index in [1.54, 1.807) is 37.6 Å². The van der Waals surface area contributed by atoms with Crippen LogP contribution in [0.5, 0.6) is 0 Å². The molecule has 1 aliphatic rings. The first-order valence-electron chi connectivity index (χ1n) is 3.75. The highest BCUT2D eigenvalue weighted by molar-refractivity contribution is 6.37. The number of rotatable bonds is 2. The van der Waals surface area contributed by atoms with Gasteiger partial charge in [-0.3, -0.25) is 0 Å². The van der Waals surface area contributed by atoms with Crippen LogP contribution in [-0.2, 0) is 9.53 Å². The molecule has 1 aliphatic carbocycles. The summed E-state index contributed by atoms with van der Waals surface area (Å²) in [5, 5.41) is 0. The zero-order valence-corrected chi connectivity index (χ0v) is 7.54. The average molecular weight is 186 g/mol. The lowest BCUT2D eigenvalue weighted by Crippen LogP contribution is -2.31. The smallest absolute Gasteiger partial charge is 0.335 e. The largest absolute Gasteiger partial charge is 0.464 e. The minimum absolute atomic E-state index is 0.346. The molecule has 0 aliphatic heterocycles. The van der Waals surface area contributed by atoms with E-state index < -0.39 is 10.8 Å². The second kappa shape index (κ2) is 3.76. The number of alkyl halides is 1. The quantitative estimate of drug-likeness (QED) is 0.485. The molecule has 0 unspecified atom stereocenters. The Morgan fingerprint density at radius 3 is 2.58 bits per heavy atom. The van der Waals surface area contributed by atoms with E-state index in [1.165, 1.54) is 0 Å². The second-order valence-electron chi connectivity index (χ2n) is 2.40. The van der Waals surface area contributed by atoms with Gasteiger partial charge in [0.05, 0.1) is 6.61 Å².